The van der Waals surface area contributed by atoms with Crippen LogP contribution in [0.5, 0.6) is 0 Å². The molecule has 0 spiro atoms. The molecule has 0 bridgehead atoms. The van der Waals surface area contributed by atoms with Crippen LogP contribution in [0.1, 0.15) is 22.7 Å². The second kappa shape index (κ2) is 4.49. The van der Waals surface area contributed by atoms with E-state index < -0.39 is 0 Å². The third-order valence-electron chi connectivity index (χ3n) is 2.78. The zero-order valence-corrected chi connectivity index (χ0v) is 9.72. The van der Waals surface area contributed by atoms with Crippen molar-refractivity contribution in [3.8, 4) is 0 Å². The van der Waals surface area contributed by atoms with Crippen LogP contribution >= 0.6 is 0 Å². The normalized spacial score (nSPS) is 12.7. The Hall–Kier alpha value is -1.61. The van der Waals surface area contributed by atoms with Crippen molar-refractivity contribution in [1.29, 1.82) is 0 Å². The molecule has 1 aromatic heterocycles. The van der Waals surface area contributed by atoms with Crippen molar-refractivity contribution < 1.29 is 0 Å². The van der Waals surface area contributed by atoms with Crippen LogP contribution in [0, 0.1) is 13.8 Å². The molecular weight excluding hydrogens is 198 g/mol. The molecule has 0 aliphatic rings. The zero-order chi connectivity index (χ0) is 11.5. The van der Waals surface area contributed by atoms with E-state index >= 15 is 0 Å². The highest BCUT2D eigenvalue weighted by molar-refractivity contribution is 5.32. The number of hydrogen-bond acceptors (Lipinski definition) is 2. The van der Waals surface area contributed by atoms with Crippen molar-refractivity contribution in [3.05, 3.63) is 53.3 Å². The van der Waals surface area contributed by atoms with Crippen LogP contribution in [-0.2, 0) is 6.54 Å². The van der Waals surface area contributed by atoms with Gasteiger partial charge in [-0.05, 0) is 31.0 Å². The fraction of sp³-hybridized carbons (Fsp3) is 0.308. The molecule has 2 rings (SSSR count). The van der Waals surface area contributed by atoms with Crippen molar-refractivity contribution >= 4 is 0 Å². The summed E-state index contributed by atoms with van der Waals surface area (Å²) in [5, 5.41) is 4.17. The number of nitrogens with two attached hydrogens (primary N) is 1. The SMILES string of the molecule is Cc1ccc(C)c(C(N)Cn2cccn2)c1. The van der Waals surface area contributed by atoms with Gasteiger partial charge < -0.3 is 5.73 Å². The first-order valence-electron chi connectivity index (χ1n) is 5.47. The summed E-state index contributed by atoms with van der Waals surface area (Å²) < 4.78 is 1.87. The van der Waals surface area contributed by atoms with Crippen LogP contribution in [0.15, 0.2) is 36.7 Å². The molecule has 0 aliphatic carbocycles. The van der Waals surface area contributed by atoms with Crippen LogP contribution in [-0.4, -0.2) is 9.78 Å². The first-order valence-corrected chi connectivity index (χ1v) is 5.47. The predicted molar refractivity (Wildman–Crippen MR) is 65.1 cm³/mol. The standard InChI is InChI=1S/C13H17N3/c1-10-4-5-11(2)12(8-10)13(14)9-16-7-3-6-15-16/h3-8,13H,9,14H2,1-2H3. The number of aryl methyl sites for hydroxylation is 2. The highest BCUT2D eigenvalue weighted by Crippen LogP contribution is 2.18. The molecule has 1 atom stereocenters. The average molecular weight is 215 g/mol. The molecule has 1 unspecified atom stereocenters. The van der Waals surface area contributed by atoms with Crippen LogP contribution in [0.3, 0.4) is 0 Å². The van der Waals surface area contributed by atoms with Crippen molar-refractivity contribution in [3.63, 3.8) is 0 Å². The summed E-state index contributed by atoms with van der Waals surface area (Å²) >= 11 is 0. The Morgan fingerprint density at radius 2 is 2.19 bits per heavy atom. The maximum atomic E-state index is 6.20. The van der Waals surface area contributed by atoms with E-state index in [0.29, 0.717) is 0 Å². The van der Waals surface area contributed by atoms with Gasteiger partial charge in [0.1, 0.15) is 0 Å². The highest BCUT2D eigenvalue weighted by Gasteiger charge is 2.09. The maximum absolute atomic E-state index is 6.20. The van der Waals surface area contributed by atoms with Gasteiger partial charge in [0, 0.05) is 18.4 Å². The van der Waals surface area contributed by atoms with E-state index in [-0.39, 0.29) is 6.04 Å². The maximum Gasteiger partial charge on any atom is 0.0602 e. The van der Waals surface area contributed by atoms with E-state index in [1.807, 2.05) is 16.9 Å². The van der Waals surface area contributed by atoms with Gasteiger partial charge in [-0.1, -0.05) is 23.8 Å². The number of nitrogens with zero attached hydrogens (tertiary/aromatic N) is 2. The fourth-order valence-electron chi connectivity index (χ4n) is 1.87. The lowest BCUT2D eigenvalue weighted by molar-refractivity contribution is 0.526. The smallest absolute Gasteiger partial charge is 0.0602 e. The molecular formula is C13H17N3. The van der Waals surface area contributed by atoms with Gasteiger partial charge in [-0.2, -0.15) is 5.10 Å². The van der Waals surface area contributed by atoms with E-state index in [1.165, 1.54) is 16.7 Å². The minimum absolute atomic E-state index is 0.000185. The van der Waals surface area contributed by atoms with Gasteiger partial charge in [-0.15, -0.1) is 0 Å². The lowest BCUT2D eigenvalue weighted by Crippen LogP contribution is -2.19. The molecule has 84 valence electrons. The summed E-state index contributed by atoms with van der Waals surface area (Å²) in [6.07, 6.45) is 3.71. The third-order valence-corrected chi connectivity index (χ3v) is 2.78. The van der Waals surface area contributed by atoms with E-state index in [2.05, 4.69) is 37.1 Å². The molecule has 3 heteroatoms. The lowest BCUT2D eigenvalue weighted by atomic mass is 9.99. The van der Waals surface area contributed by atoms with E-state index in [1.54, 1.807) is 6.20 Å². The molecule has 2 N–H and O–H groups in total. The molecule has 2 aromatic rings. The molecule has 0 fully saturated rings. The monoisotopic (exact) mass is 215 g/mol. The van der Waals surface area contributed by atoms with Gasteiger partial charge in [-0.25, -0.2) is 0 Å². The molecule has 1 aromatic carbocycles. The van der Waals surface area contributed by atoms with Gasteiger partial charge in [0.15, 0.2) is 0 Å². The fourth-order valence-corrected chi connectivity index (χ4v) is 1.87. The summed E-state index contributed by atoms with van der Waals surface area (Å²) in [6, 6.07) is 8.30. The Bertz CT molecular complexity index is 460. The quantitative estimate of drug-likeness (QED) is 0.853. The Morgan fingerprint density at radius 3 is 2.88 bits per heavy atom. The average Bonchev–Trinajstić information content (AvgIpc) is 2.74. The van der Waals surface area contributed by atoms with Gasteiger partial charge in [0.2, 0.25) is 0 Å². The molecule has 0 amide bonds. The Balaban J connectivity index is 2.20. The first kappa shape index (κ1) is 10.9. The Kier molecular flexibility index (Phi) is 3.06. The number of benzene rings is 1. The van der Waals surface area contributed by atoms with Crippen LogP contribution in [0.25, 0.3) is 0 Å². The van der Waals surface area contributed by atoms with Crippen molar-refractivity contribution in [2.45, 2.75) is 26.4 Å². The number of hydrogen-bond donors (Lipinski definition) is 1. The Labute approximate surface area is 95.9 Å². The van der Waals surface area contributed by atoms with E-state index in [0.717, 1.165) is 6.54 Å². The molecule has 0 saturated heterocycles. The van der Waals surface area contributed by atoms with Crippen LogP contribution in [0.4, 0.5) is 0 Å². The summed E-state index contributed by atoms with van der Waals surface area (Å²) in [4.78, 5) is 0. The molecule has 3 nitrogen and oxygen atoms in total. The summed E-state index contributed by atoms with van der Waals surface area (Å²) in [7, 11) is 0. The topological polar surface area (TPSA) is 43.8 Å². The van der Waals surface area contributed by atoms with Crippen LogP contribution < -0.4 is 5.73 Å². The van der Waals surface area contributed by atoms with Gasteiger partial charge >= 0.3 is 0 Å². The minimum atomic E-state index is -0.000185. The van der Waals surface area contributed by atoms with Crippen LogP contribution in [0.2, 0.25) is 0 Å². The highest BCUT2D eigenvalue weighted by atomic mass is 15.3. The minimum Gasteiger partial charge on any atom is -0.322 e. The third kappa shape index (κ3) is 2.31. The largest absolute Gasteiger partial charge is 0.322 e. The zero-order valence-electron chi connectivity index (χ0n) is 9.72. The van der Waals surface area contributed by atoms with Gasteiger partial charge in [0.25, 0.3) is 0 Å². The molecule has 0 radical (unpaired) electrons. The van der Waals surface area contributed by atoms with E-state index in [4.69, 9.17) is 5.73 Å². The summed E-state index contributed by atoms with van der Waals surface area (Å²) in [6.45, 7) is 4.90. The molecule has 0 saturated carbocycles. The molecule has 1 heterocycles. The van der Waals surface area contributed by atoms with Gasteiger partial charge in [-0.3, -0.25) is 4.68 Å². The summed E-state index contributed by atoms with van der Waals surface area (Å²) in [5.41, 5.74) is 9.89. The molecule has 0 aliphatic heterocycles. The van der Waals surface area contributed by atoms with Crippen molar-refractivity contribution in [2.75, 3.05) is 0 Å². The number of rotatable bonds is 3. The van der Waals surface area contributed by atoms with Gasteiger partial charge in [0.05, 0.1) is 6.54 Å². The summed E-state index contributed by atoms with van der Waals surface area (Å²) in [5.74, 6) is 0. The van der Waals surface area contributed by atoms with Crippen molar-refractivity contribution in [2.24, 2.45) is 5.73 Å². The second-order valence-corrected chi connectivity index (χ2v) is 4.19. The first-order chi connectivity index (χ1) is 7.66. The second-order valence-electron chi connectivity index (χ2n) is 4.19. The predicted octanol–water partition coefficient (Wildman–Crippen LogP) is 2.20. The Morgan fingerprint density at radius 1 is 1.38 bits per heavy atom. The van der Waals surface area contributed by atoms with Crippen molar-refractivity contribution in [1.82, 2.24) is 9.78 Å². The molecule has 16 heavy (non-hydrogen) atoms. The lowest BCUT2D eigenvalue weighted by Gasteiger charge is -2.15. The van der Waals surface area contributed by atoms with E-state index in [9.17, 15) is 0 Å². The number of aromatic nitrogens is 2.